The normalized spacial score (nSPS) is 16.7. The third kappa shape index (κ3) is 2.71. The van der Waals surface area contributed by atoms with Gasteiger partial charge >= 0.3 is 0 Å². The van der Waals surface area contributed by atoms with E-state index in [9.17, 15) is 0 Å². The summed E-state index contributed by atoms with van der Waals surface area (Å²) in [6.07, 6.45) is 0.178. The lowest BCUT2D eigenvalue weighted by atomic mass is 10.2. The maximum absolute atomic E-state index is 5.31. The fourth-order valence-corrected chi connectivity index (χ4v) is 1.99. The zero-order valence-electron chi connectivity index (χ0n) is 11.4. The highest BCUT2D eigenvalue weighted by molar-refractivity contribution is 5.74. The molecule has 0 spiro atoms. The van der Waals surface area contributed by atoms with Gasteiger partial charge in [-0.1, -0.05) is 12.1 Å². The number of methoxy groups -OCH3 is 1. The number of H-pyrrole nitrogens is 1. The van der Waals surface area contributed by atoms with Crippen LogP contribution >= 0.6 is 0 Å². The number of nitrogens with zero attached hydrogens (tertiary/aromatic N) is 1. The largest absolute Gasteiger partial charge is 0.380 e. The zero-order chi connectivity index (χ0) is 13.1. The zero-order valence-corrected chi connectivity index (χ0v) is 11.4. The summed E-state index contributed by atoms with van der Waals surface area (Å²) in [7, 11) is 1.73. The fraction of sp³-hybridized carbons (Fsp3) is 0.500. The lowest BCUT2D eigenvalue weighted by Gasteiger charge is -2.23. The second-order valence-corrected chi connectivity index (χ2v) is 4.76. The monoisotopic (exact) mass is 247 g/mol. The lowest BCUT2D eigenvalue weighted by Crippen LogP contribution is -2.38. The van der Waals surface area contributed by atoms with E-state index in [0.717, 1.165) is 16.9 Å². The van der Waals surface area contributed by atoms with E-state index in [1.165, 1.54) is 0 Å². The van der Waals surface area contributed by atoms with Crippen molar-refractivity contribution >= 4 is 11.0 Å². The number of hydrogen-bond donors (Lipinski definition) is 2. The Balaban J connectivity index is 2.11. The first-order valence-electron chi connectivity index (χ1n) is 6.35. The van der Waals surface area contributed by atoms with E-state index >= 15 is 0 Å². The van der Waals surface area contributed by atoms with Crippen LogP contribution in [0.15, 0.2) is 24.3 Å². The average Bonchev–Trinajstić information content (AvgIpc) is 2.81. The van der Waals surface area contributed by atoms with Crippen molar-refractivity contribution in [1.29, 1.82) is 0 Å². The van der Waals surface area contributed by atoms with Gasteiger partial charge in [-0.2, -0.15) is 0 Å². The van der Waals surface area contributed by atoms with Gasteiger partial charge in [0.25, 0.3) is 0 Å². The summed E-state index contributed by atoms with van der Waals surface area (Å²) >= 11 is 0. The Morgan fingerprint density at radius 3 is 2.61 bits per heavy atom. The number of nitrogens with one attached hydrogen (secondary N) is 2. The van der Waals surface area contributed by atoms with E-state index in [0.29, 0.717) is 0 Å². The number of benzene rings is 1. The predicted octanol–water partition coefficient (Wildman–Crippen LogP) is 2.64. The lowest BCUT2D eigenvalue weighted by molar-refractivity contribution is 0.0848. The van der Waals surface area contributed by atoms with Crippen LogP contribution in [0.25, 0.3) is 11.0 Å². The molecule has 0 fully saturated rings. The highest BCUT2D eigenvalue weighted by atomic mass is 16.5. The molecular weight excluding hydrogens is 226 g/mol. The number of ether oxygens (including phenoxy) is 1. The Hall–Kier alpha value is -1.39. The molecule has 3 unspecified atom stereocenters. The smallest absolute Gasteiger partial charge is 0.124 e. The van der Waals surface area contributed by atoms with E-state index in [4.69, 9.17) is 4.74 Å². The first-order valence-corrected chi connectivity index (χ1v) is 6.35. The molecule has 4 heteroatoms. The van der Waals surface area contributed by atoms with Gasteiger partial charge in [0.1, 0.15) is 5.82 Å². The summed E-state index contributed by atoms with van der Waals surface area (Å²) < 4.78 is 5.31. The second-order valence-electron chi connectivity index (χ2n) is 4.76. The minimum atomic E-state index is 0.171. The Morgan fingerprint density at radius 1 is 1.22 bits per heavy atom. The predicted molar refractivity (Wildman–Crippen MR) is 73.6 cm³/mol. The van der Waals surface area contributed by atoms with Gasteiger partial charge in [-0.25, -0.2) is 4.98 Å². The van der Waals surface area contributed by atoms with Crippen LogP contribution in [-0.2, 0) is 4.74 Å². The first kappa shape index (κ1) is 13.1. The second kappa shape index (κ2) is 5.50. The quantitative estimate of drug-likeness (QED) is 0.854. The molecule has 0 radical (unpaired) electrons. The number of aromatic nitrogens is 2. The van der Waals surface area contributed by atoms with Crippen LogP contribution in [0.4, 0.5) is 0 Å². The van der Waals surface area contributed by atoms with Crippen LogP contribution in [0.3, 0.4) is 0 Å². The number of fused-ring (bicyclic) bond motifs is 1. The molecule has 0 saturated heterocycles. The molecule has 0 aliphatic carbocycles. The fourth-order valence-electron chi connectivity index (χ4n) is 1.99. The van der Waals surface area contributed by atoms with Crippen molar-refractivity contribution in [2.45, 2.75) is 39.0 Å². The highest BCUT2D eigenvalue weighted by Gasteiger charge is 2.17. The molecule has 1 aromatic carbocycles. The summed E-state index contributed by atoms with van der Waals surface area (Å²) in [5.41, 5.74) is 2.09. The third-order valence-electron chi connectivity index (χ3n) is 3.41. The summed E-state index contributed by atoms with van der Waals surface area (Å²) in [5, 5.41) is 3.49. The topological polar surface area (TPSA) is 49.9 Å². The molecule has 18 heavy (non-hydrogen) atoms. The minimum absolute atomic E-state index is 0.171. The molecule has 2 rings (SSSR count). The van der Waals surface area contributed by atoms with Gasteiger partial charge in [0.2, 0.25) is 0 Å². The van der Waals surface area contributed by atoms with E-state index in [1.807, 2.05) is 24.3 Å². The summed E-state index contributed by atoms with van der Waals surface area (Å²) in [6, 6.07) is 8.52. The molecule has 0 aliphatic rings. The first-order chi connectivity index (χ1) is 8.61. The number of rotatable bonds is 5. The summed E-state index contributed by atoms with van der Waals surface area (Å²) in [6.45, 7) is 6.28. The van der Waals surface area contributed by atoms with Gasteiger partial charge in [0.05, 0.1) is 23.2 Å². The maximum Gasteiger partial charge on any atom is 0.124 e. The van der Waals surface area contributed by atoms with E-state index in [-0.39, 0.29) is 18.2 Å². The van der Waals surface area contributed by atoms with Gasteiger partial charge in [-0.15, -0.1) is 0 Å². The molecule has 0 amide bonds. The maximum atomic E-state index is 5.31. The van der Waals surface area contributed by atoms with Crippen LogP contribution in [-0.4, -0.2) is 29.2 Å². The molecule has 2 aromatic rings. The Bertz CT molecular complexity index is 475. The van der Waals surface area contributed by atoms with Crippen molar-refractivity contribution in [2.24, 2.45) is 0 Å². The van der Waals surface area contributed by atoms with Crippen molar-refractivity contribution in [2.75, 3.05) is 7.11 Å². The molecule has 2 N–H and O–H groups in total. The van der Waals surface area contributed by atoms with Gasteiger partial charge in [0.15, 0.2) is 0 Å². The third-order valence-corrected chi connectivity index (χ3v) is 3.41. The Kier molecular flexibility index (Phi) is 3.99. The number of imidazole rings is 1. The van der Waals surface area contributed by atoms with Crippen LogP contribution in [0.1, 0.15) is 32.6 Å². The molecule has 1 heterocycles. The average molecular weight is 247 g/mol. The Labute approximate surface area is 108 Å². The van der Waals surface area contributed by atoms with Gasteiger partial charge in [0, 0.05) is 13.2 Å². The van der Waals surface area contributed by atoms with Gasteiger partial charge < -0.3 is 15.0 Å². The van der Waals surface area contributed by atoms with E-state index in [2.05, 4.69) is 36.1 Å². The number of para-hydroxylation sites is 2. The number of hydrogen-bond acceptors (Lipinski definition) is 3. The molecular formula is C14H21N3O. The van der Waals surface area contributed by atoms with Gasteiger partial charge in [-0.3, -0.25) is 0 Å². The Morgan fingerprint density at radius 2 is 1.94 bits per heavy atom. The molecule has 4 nitrogen and oxygen atoms in total. The van der Waals surface area contributed by atoms with Crippen LogP contribution in [0.5, 0.6) is 0 Å². The van der Waals surface area contributed by atoms with E-state index in [1.54, 1.807) is 7.11 Å². The summed E-state index contributed by atoms with van der Waals surface area (Å²) in [5.74, 6) is 0.964. The van der Waals surface area contributed by atoms with Crippen molar-refractivity contribution < 1.29 is 4.74 Å². The standard InChI is InChI=1S/C14H21N3O/c1-9(11(3)18-4)15-10(2)14-16-12-7-5-6-8-13(12)17-14/h5-11,15H,1-4H3,(H,16,17). The van der Waals surface area contributed by atoms with Crippen LogP contribution < -0.4 is 5.32 Å². The van der Waals surface area contributed by atoms with Crippen molar-refractivity contribution in [3.63, 3.8) is 0 Å². The SMILES string of the molecule is COC(C)C(C)NC(C)c1nc2ccccc2[nH]1. The van der Waals surface area contributed by atoms with Crippen LogP contribution in [0.2, 0.25) is 0 Å². The molecule has 98 valence electrons. The van der Waals surface area contributed by atoms with Gasteiger partial charge in [-0.05, 0) is 32.9 Å². The molecule has 3 atom stereocenters. The summed E-state index contributed by atoms with van der Waals surface area (Å²) in [4.78, 5) is 7.94. The van der Waals surface area contributed by atoms with Crippen molar-refractivity contribution in [3.05, 3.63) is 30.1 Å². The minimum Gasteiger partial charge on any atom is -0.380 e. The van der Waals surface area contributed by atoms with Crippen molar-refractivity contribution in [3.8, 4) is 0 Å². The molecule has 0 saturated carbocycles. The molecule has 0 aliphatic heterocycles. The molecule has 0 bridgehead atoms. The van der Waals surface area contributed by atoms with Crippen LogP contribution in [0, 0.1) is 0 Å². The number of aromatic amines is 1. The molecule has 1 aromatic heterocycles. The van der Waals surface area contributed by atoms with E-state index < -0.39 is 0 Å². The highest BCUT2D eigenvalue weighted by Crippen LogP contribution is 2.16. The van der Waals surface area contributed by atoms with Crippen molar-refractivity contribution in [1.82, 2.24) is 15.3 Å².